The lowest BCUT2D eigenvalue weighted by atomic mass is 10.1. The van der Waals surface area contributed by atoms with Gasteiger partial charge in [0.15, 0.2) is 17.4 Å². The van der Waals surface area contributed by atoms with Gasteiger partial charge in [0.25, 0.3) is 0 Å². The van der Waals surface area contributed by atoms with Crippen LogP contribution in [0.5, 0.6) is 5.75 Å². The van der Waals surface area contributed by atoms with Crippen LogP contribution in [-0.4, -0.2) is 34.2 Å². The molecule has 1 aromatic carbocycles. The van der Waals surface area contributed by atoms with Crippen LogP contribution in [-0.2, 0) is 13.1 Å². The molecule has 0 amide bonds. The van der Waals surface area contributed by atoms with Crippen molar-refractivity contribution in [1.82, 2.24) is 25.2 Å². The highest BCUT2D eigenvalue weighted by molar-refractivity contribution is 5.79. The average molecular weight is 352 g/mol. The lowest BCUT2D eigenvalue weighted by Gasteiger charge is -2.13. The minimum Gasteiger partial charge on any atom is -0.494 e. The quantitative estimate of drug-likeness (QED) is 0.526. The first-order valence-electron chi connectivity index (χ1n) is 8.66. The van der Waals surface area contributed by atoms with Crippen molar-refractivity contribution in [2.45, 2.75) is 26.9 Å². The molecule has 0 saturated heterocycles. The third kappa shape index (κ3) is 4.11. The molecule has 2 aromatic heterocycles. The number of rotatable bonds is 6. The number of aryl methyl sites for hydroxylation is 1. The van der Waals surface area contributed by atoms with E-state index in [0.717, 1.165) is 22.8 Å². The SMILES string of the molecule is CCOc1ccc(CNC(=NC)NCc2nnc3ccccn23)cc1C. The average Bonchev–Trinajstić information content (AvgIpc) is 3.07. The first kappa shape index (κ1) is 17.7. The van der Waals surface area contributed by atoms with Crippen LogP contribution in [0.25, 0.3) is 5.65 Å². The zero-order chi connectivity index (χ0) is 18.4. The Balaban J connectivity index is 1.57. The number of nitrogens with one attached hydrogen (secondary N) is 2. The van der Waals surface area contributed by atoms with Gasteiger partial charge in [0.2, 0.25) is 0 Å². The fourth-order valence-electron chi connectivity index (χ4n) is 2.72. The summed E-state index contributed by atoms with van der Waals surface area (Å²) in [5.41, 5.74) is 3.13. The summed E-state index contributed by atoms with van der Waals surface area (Å²) in [5, 5.41) is 14.9. The van der Waals surface area contributed by atoms with E-state index in [4.69, 9.17) is 4.74 Å². The van der Waals surface area contributed by atoms with E-state index in [1.54, 1.807) is 7.05 Å². The molecular weight excluding hydrogens is 328 g/mol. The van der Waals surface area contributed by atoms with Gasteiger partial charge in [-0.05, 0) is 43.2 Å². The van der Waals surface area contributed by atoms with Gasteiger partial charge in [0, 0.05) is 19.8 Å². The molecule has 0 unspecified atom stereocenters. The molecule has 136 valence electrons. The van der Waals surface area contributed by atoms with Gasteiger partial charge >= 0.3 is 0 Å². The van der Waals surface area contributed by atoms with Gasteiger partial charge in [-0.2, -0.15) is 0 Å². The van der Waals surface area contributed by atoms with E-state index in [-0.39, 0.29) is 0 Å². The van der Waals surface area contributed by atoms with Crippen molar-refractivity contribution < 1.29 is 4.74 Å². The third-order valence-corrected chi connectivity index (χ3v) is 4.02. The Morgan fingerprint density at radius 1 is 1.15 bits per heavy atom. The summed E-state index contributed by atoms with van der Waals surface area (Å²) in [4.78, 5) is 4.26. The maximum Gasteiger partial charge on any atom is 0.191 e. The minimum atomic E-state index is 0.535. The summed E-state index contributed by atoms with van der Waals surface area (Å²) in [5.74, 6) is 2.47. The molecule has 0 atom stereocenters. The first-order chi connectivity index (χ1) is 12.7. The Morgan fingerprint density at radius 2 is 2.00 bits per heavy atom. The van der Waals surface area contributed by atoms with Crippen molar-refractivity contribution in [3.63, 3.8) is 0 Å². The standard InChI is InChI=1S/C19H24N6O/c1-4-26-16-9-8-15(11-14(16)2)12-21-19(20-3)22-13-18-24-23-17-7-5-6-10-25(17)18/h5-11H,4,12-13H2,1-3H3,(H2,20,21,22). The predicted molar refractivity (Wildman–Crippen MR) is 102 cm³/mol. The van der Waals surface area contributed by atoms with Gasteiger partial charge in [0.1, 0.15) is 5.75 Å². The summed E-state index contributed by atoms with van der Waals surface area (Å²) in [7, 11) is 1.75. The van der Waals surface area contributed by atoms with Gasteiger partial charge < -0.3 is 15.4 Å². The summed E-state index contributed by atoms with van der Waals surface area (Å²) in [6.07, 6.45) is 1.95. The van der Waals surface area contributed by atoms with Gasteiger partial charge in [-0.25, -0.2) is 0 Å². The Bertz CT molecular complexity index is 902. The zero-order valence-corrected chi connectivity index (χ0v) is 15.4. The van der Waals surface area contributed by atoms with Crippen molar-refractivity contribution in [2.24, 2.45) is 4.99 Å². The Kier molecular flexibility index (Phi) is 5.68. The van der Waals surface area contributed by atoms with Crippen LogP contribution in [0.3, 0.4) is 0 Å². The van der Waals surface area contributed by atoms with Crippen molar-refractivity contribution in [2.75, 3.05) is 13.7 Å². The van der Waals surface area contributed by atoms with E-state index in [2.05, 4.69) is 44.9 Å². The molecule has 7 nitrogen and oxygen atoms in total. The number of nitrogens with zero attached hydrogens (tertiary/aromatic N) is 4. The number of guanidine groups is 1. The third-order valence-electron chi connectivity index (χ3n) is 4.02. The van der Waals surface area contributed by atoms with Gasteiger partial charge in [0.05, 0.1) is 13.2 Å². The number of hydrogen-bond acceptors (Lipinski definition) is 4. The molecule has 26 heavy (non-hydrogen) atoms. The molecule has 0 saturated carbocycles. The monoisotopic (exact) mass is 352 g/mol. The van der Waals surface area contributed by atoms with Gasteiger partial charge in [-0.3, -0.25) is 9.39 Å². The first-order valence-corrected chi connectivity index (χ1v) is 8.66. The largest absolute Gasteiger partial charge is 0.494 e. The second kappa shape index (κ2) is 8.33. The number of aromatic nitrogens is 3. The molecule has 0 aliphatic rings. The molecule has 0 radical (unpaired) electrons. The van der Waals surface area contributed by atoms with Crippen LogP contribution in [0, 0.1) is 6.92 Å². The number of ether oxygens (including phenoxy) is 1. The van der Waals surface area contributed by atoms with Crippen molar-refractivity contribution in [3.05, 3.63) is 59.5 Å². The maximum atomic E-state index is 5.58. The molecule has 0 spiro atoms. The Morgan fingerprint density at radius 3 is 2.77 bits per heavy atom. The smallest absolute Gasteiger partial charge is 0.191 e. The predicted octanol–water partition coefficient (Wildman–Crippen LogP) is 2.30. The number of aliphatic imine (C=N–C) groups is 1. The van der Waals surface area contributed by atoms with Crippen molar-refractivity contribution in [3.8, 4) is 5.75 Å². The normalized spacial score (nSPS) is 11.6. The lowest BCUT2D eigenvalue weighted by molar-refractivity contribution is 0.338. The molecule has 0 aliphatic heterocycles. The molecule has 2 N–H and O–H groups in total. The molecule has 3 rings (SSSR count). The molecule has 2 heterocycles. The van der Waals surface area contributed by atoms with Crippen LogP contribution in [0.1, 0.15) is 23.9 Å². The van der Waals surface area contributed by atoms with E-state index in [0.29, 0.717) is 25.7 Å². The molecule has 0 aliphatic carbocycles. The number of benzene rings is 1. The molecule has 0 bridgehead atoms. The number of fused-ring (bicyclic) bond motifs is 1. The Hall–Kier alpha value is -3.09. The molecule has 0 fully saturated rings. The van der Waals surface area contributed by atoms with Crippen LogP contribution in [0.4, 0.5) is 0 Å². The number of hydrogen-bond donors (Lipinski definition) is 2. The summed E-state index contributed by atoms with van der Waals surface area (Å²) < 4.78 is 7.54. The second-order valence-electron chi connectivity index (χ2n) is 5.86. The van der Waals surface area contributed by atoms with Gasteiger partial charge in [-0.1, -0.05) is 18.2 Å². The summed E-state index contributed by atoms with van der Waals surface area (Å²) >= 11 is 0. The van der Waals surface area contributed by atoms with E-state index < -0.39 is 0 Å². The molecule has 3 aromatic rings. The van der Waals surface area contributed by atoms with E-state index in [9.17, 15) is 0 Å². The second-order valence-corrected chi connectivity index (χ2v) is 5.86. The van der Waals surface area contributed by atoms with E-state index in [1.165, 1.54) is 5.56 Å². The van der Waals surface area contributed by atoms with Gasteiger partial charge in [-0.15, -0.1) is 10.2 Å². The topological polar surface area (TPSA) is 75.8 Å². The fraction of sp³-hybridized carbons (Fsp3) is 0.316. The van der Waals surface area contributed by atoms with E-state index in [1.807, 2.05) is 41.8 Å². The minimum absolute atomic E-state index is 0.535. The molecule has 7 heteroatoms. The Labute approximate surface area is 153 Å². The van der Waals surface area contributed by atoms with Crippen LogP contribution in [0.2, 0.25) is 0 Å². The highest BCUT2D eigenvalue weighted by atomic mass is 16.5. The fourth-order valence-corrected chi connectivity index (χ4v) is 2.72. The van der Waals surface area contributed by atoms with Crippen molar-refractivity contribution >= 4 is 11.6 Å². The maximum absolute atomic E-state index is 5.58. The lowest BCUT2D eigenvalue weighted by Crippen LogP contribution is -2.36. The van der Waals surface area contributed by atoms with Crippen LogP contribution < -0.4 is 15.4 Å². The van der Waals surface area contributed by atoms with Crippen LogP contribution in [0.15, 0.2) is 47.6 Å². The van der Waals surface area contributed by atoms with Crippen molar-refractivity contribution in [1.29, 1.82) is 0 Å². The summed E-state index contributed by atoms with van der Waals surface area (Å²) in [6.45, 7) is 5.92. The summed E-state index contributed by atoms with van der Waals surface area (Å²) in [6, 6.07) is 12.0. The van der Waals surface area contributed by atoms with E-state index >= 15 is 0 Å². The highest BCUT2D eigenvalue weighted by Crippen LogP contribution is 2.18. The highest BCUT2D eigenvalue weighted by Gasteiger charge is 2.06. The number of pyridine rings is 1. The molecular formula is C19H24N6O. The van der Waals surface area contributed by atoms with Crippen LogP contribution >= 0.6 is 0 Å². The zero-order valence-electron chi connectivity index (χ0n) is 15.4.